The molecule has 0 radical (unpaired) electrons. The number of halogens is 3. The molecule has 2 atom stereocenters. The number of H-pyrrole nitrogens is 1. The van der Waals surface area contributed by atoms with Crippen molar-refractivity contribution in [2.24, 2.45) is 11.8 Å². The molecule has 244 valence electrons. The van der Waals surface area contributed by atoms with Crippen LogP contribution in [0, 0.1) is 11.8 Å². The molecule has 3 heterocycles. The highest BCUT2D eigenvalue weighted by Gasteiger charge is 2.44. The monoisotopic (exact) mass is 663 g/mol. The van der Waals surface area contributed by atoms with Gasteiger partial charge in [-0.25, -0.2) is 10.1 Å². The van der Waals surface area contributed by atoms with Crippen LogP contribution in [0.25, 0.3) is 32.9 Å². The molecule has 2 bridgehead atoms. The number of ether oxygens (including phenoxy) is 2. The van der Waals surface area contributed by atoms with Crippen LogP contribution in [0.2, 0.25) is 0 Å². The van der Waals surface area contributed by atoms with E-state index in [1.165, 1.54) is 30.5 Å². The van der Waals surface area contributed by atoms with Gasteiger partial charge in [0.2, 0.25) is 0 Å². The summed E-state index contributed by atoms with van der Waals surface area (Å²) in [5, 5.41) is 23.5. The molecule has 9 rings (SSSR count). The fourth-order valence-electron chi connectivity index (χ4n) is 7.64. The minimum absolute atomic E-state index is 0.0388. The van der Waals surface area contributed by atoms with Crippen LogP contribution >= 0.6 is 11.3 Å². The molecule has 4 aliphatic rings. The van der Waals surface area contributed by atoms with Crippen molar-refractivity contribution in [1.82, 2.24) is 30.8 Å². The maximum atomic E-state index is 13.2. The second-order valence-corrected chi connectivity index (χ2v) is 14.4. The van der Waals surface area contributed by atoms with E-state index >= 15 is 0 Å². The predicted molar refractivity (Wildman–Crippen MR) is 167 cm³/mol. The average molecular weight is 664 g/mol. The summed E-state index contributed by atoms with van der Waals surface area (Å²) in [6.45, 7) is 0.234. The van der Waals surface area contributed by atoms with Gasteiger partial charge < -0.3 is 19.3 Å². The van der Waals surface area contributed by atoms with Gasteiger partial charge in [-0.1, -0.05) is 28.6 Å². The number of anilines is 1. The summed E-state index contributed by atoms with van der Waals surface area (Å²) >= 11 is 1.68. The fourth-order valence-corrected chi connectivity index (χ4v) is 8.63. The third-order valence-electron chi connectivity index (χ3n) is 10.1. The Bertz CT molecular complexity index is 1900. The van der Waals surface area contributed by atoms with E-state index in [1.807, 2.05) is 0 Å². The van der Waals surface area contributed by atoms with E-state index in [1.54, 1.807) is 23.5 Å². The number of tetrazole rings is 1. The standard InChI is InChI=1S/C33H32F3N7O3S/c34-33(35,36)45-25-4-2-1-3-22(25)28-24(30(46-41-28)17-7-8-17)15-44-21-11-18-9-10-19(12-21)27(18)37-32-38-29-23(16-5-6-16)13-20(14-26(29)47-32)31-39-42-43-40-31/h1-4,13-14,16-19,21,27H,5-12,15H2,(H,37,38)(H,39,40,42,43). The van der Waals surface area contributed by atoms with Crippen LogP contribution in [-0.4, -0.2) is 49.3 Å². The molecular weight excluding hydrogens is 631 g/mol. The van der Waals surface area contributed by atoms with Gasteiger partial charge in [-0.2, -0.15) is 0 Å². The molecule has 2 aromatic carbocycles. The van der Waals surface area contributed by atoms with E-state index in [4.69, 9.17) is 14.2 Å². The zero-order valence-corrected chi connectivity index (χ0v) is 26.1. The first-order valence-electron chi connectivity index (χ1n) is 16.3. The second kappa shape index (κ2) is 11.3. The van der Waals surface area contributed by atoms with Gasteiger partial charge in [-0.3, -0.25) is 0 Å². The van der Waals surface area contributed by atoms with Crippen LogP contribution < -0.4 is 10.1 Å². The van der Waals surface area contributed by atoms with E-state index in [-0.39, 0.29) is 29.9 Å². The van der Waals surface area contributed by atoms with E-state index in [2.05, 4.69) is 48.0 Å². The first-order chi connectivity index (χ1) is 22.9. The molecule has 47 heavy (non-hydrogen) atoms. The van der Waals surface area contributed by atoms with Crippen molar-refractivity contribution in [3.63, 3.8) is 0 Å². The van der Waals surface area contributed by atoms with Crippen LogP contribution in [0.4, 0.5) is 18.3 Å². The Labute approximate surface area is 271 Å². The predicted octanol–water partition coefficient (Wildman–Crippen LogP) is 7.97. The summed E-state index contributed by atoms with van der Waals surface area (Å²) in [5.74, 6) is 2.71. The van der Waals surface area contributed by atoms with Crippen molar-refractivity contribution < 1.29 is 27.2 Å². The van der Waals surface area contributed by atoms with E-state index < -0.39 is 6.36 Å². The van der Waals surface area contributed by atoms with Crippen molar-refractivity contribution in [2.45, 2.75) is 88.3 Å². The average Bonchev–Trinajstić information content (AvgIpc) is 3.90. The van der Waals surface area contributed by atoms with Gasteiger partial charge in [0.1, 0.15) is 17.2 Å². The summed E-state index contributed by atoms with van der Waals surface area (Å²) < 4.78 is 57.3. The van der Waals surface area contributed by atoms with Gasteiger partial charge in [-0.05, 0) is 109 Å². The molecule has 4 saturated carbocycles. The molecule has 10 nitrogen and oxygen atoms in total. The number of hydrogen-bond acceptors (Lipinski definition) is 10. The van der Waals surface area contributed by atoms with Crippen LogP contribution in [-0.2, 0) is 11.3 Å². The summed E-state index contributed by atoms with van der Waals surface area (Å²) in [7, 11) is 0. The molecule has 0 amide bonds. The first kappa shape index (κ1) is 29.1. The number of aromatic amines is 1. The number of hydrogen-bond donors (Lipinski definition) is 2. The number of benzene rings is 2. The molecule has 4 fully saturated rings. The number of alkyl halides is 3. The summed E-state index contributed by atoms with van der Waals surface area (Å²) in [6, 6.07) is 10.7. The quantitative estimate of drug-likeness (QED) is 0.153. The van der Waals surface area contributed by atoms with Crippen LogP contribution in [0.5, 0.6) is 5.75 Å². The number of nitrogens with one attached hydrogen (secondary N) is 2. The maximum Gasteiger partial charge on any atom is 0.573 e. The minimum atomic E-state index is -4.81. The zero-order chi connectivity index (χ0) is 31.7. The normalized spacial score (nSPS) is 24.2. The minimum Gasteiger partial charge on any atom is -0.405 e. The van der Waals surface area contributed by atoms with Crippen molar-refractivity contribution in [3.05, 3.63) is 53.3 Å². The van der Waals surface area contributed by atoms with Gasteiger partial charge >= 0.3 is 6.36 Å². The Kier molecular flexibility index (Phi) is 7.00. The number of aromatic nitrogens is 6. The molecule has 14 heteroatoms. The van der Waals surface area contributed by atoms with E-state index in [9.17, 15) is 13.2 Å². The largest absolute Gasteiger partial charge is 0.573 e. The molecule has 0 aliphatic heterocycles. The zero-order valence-electron chi connectivity index (χ0n) is 25.3. The van der Waals surface area contributed by atoms with E-state index in [0.717, 1.165) is 65.0 Å². The molecule has 0 saturated heterocycles. The lowest BCUT2D eigenvalue weighted by Crippen LogP contribution is -2.39. The third-order valence-corrected chi connectivity index (χ3v) is 11.0. The maximum absolute atomic E-state index is 13.2. The lowest BCUT2D eigenvalue weighted by molar-refractivity contribution is -0.274. The molecular formula is C33H32F3N7O3S. The number of thiazole rings is 1. The highest BCUT2D eigenvalue weighted by Crippen LogP contribution is 2.49. The molecule has 2 unspecified atom stereocenters. The number of nitrogens with zero attached hydrogens (tertiary/aromatic N) is 5. The van der Waals surface area contributed by atoms with E-state index in [0.29, 0.717) is 41.1 Å². The van der Waals surface area contributed by atoms with Gasteiger partial charge in [-0.15, -0.1) is 18.3 Å². The first-order valence-corrected chi connectivity index (χ1v) is 17.1. The van der Waals surface area contributed by atoms with Crippen LogP contribution in [0.1, 0.15) is 80.1 Å². The number of fused-ring (bicyclic) bond motifs is 3. The summed E-state index contributed by atoms with van der Waals surface area (Å²) in [4.78, 5) is 5.09. The Morgan fingerprint density at radius 2 is 1.79 bits per heavy atom. The number of para-hydroxylation sites is 1. The van der Waals surface area contributed by atoms with Gasteiger partial charge in [0.15, 0.2) is 11.0 Å². The SMILES string of the molecule is FC(F)(F)Oc1ccccc1-c1noc(C2CC2)c1COC1CC2CCC(C1)C2Nc1nc2c(C3CC3)cc(-c3nnn[nH]3)cc2s1. The topological polar surface area (TPSA) is 124 Å². The summed E-state index contributed by atoms with van der Waals surface area (Å²) in [5.41, 5.74) is 4.64. The molecule has 0 spiro atoms. The molecule has 2 N–H and O–H groups in total. The molecule has 3 aromatic heterocycles. The summed E-state index contributed by atoms with van der Waals surface area (Å²) in [6.07, 6.45) is 3.56. The molecule has 4 aliphatic carbocycles. The van der Waals surface area contributed by atoms with Crippen LogP contribution in [0.3, 0.4) is 0 Å². The second-order valence-electron chi connectivity index (χ2n) is 13.3. The Morgan fingerprint density at radius 3 is 2.51 bits per heavy atom. The lowest BCUT2D eigenvalue weighted by Gasteiger charge is -2.35. The van der Waals surface area contributed by atoms with Gasteiger partial charge in [0, 0.05) is 28.7 Å². The van der Waals surface area contributed by atoms with Crippen molar-refractivity contribution in [1.29, 1.82) is 0 Å². The Morgan fingerprint density at radius 1 is 1.00 bits per heavy atom. The van der Waals surface area contributed by atoms with Crippen LogP contribution in [0.15, 0.2) is 40.9 Å². The van der Waals surface area contributed by atoms with Crippen molar-refractivity contribution in [3.8, 4) is 28.4 Å². The Hall–Kier alpha value is -4.04. The van der Waals surface area contributed by atoms with Crippen molar-refractivity contribution >= 4 is 26.7 Å². The highest BCUT2D eigenvalue weighted by atomic mass is 32.1. The van der Waals surface area contributed by atoms with Gasteiger partial charge in [0.05, 0.1) is 22.9 Å². The fraction of sp³-hybridized carbons (Fsp3) is 0.485. The highest BCUT2D eigenvalue weighted by molar-refractivity contribution is 7.22. The lowest BCUT2D eigenvalue weighted by atomic mass is 9.82. The Balaban J connectivity index is 0.914. The molecule has 5 aromatic rings. The van der Waals surface area contributed by atoms with Crippen molar-refractivity contribution in [2.75, 3.05) is 5.32 Å². The number of rotatable bonds is 10. The smallest absolute Gasteiger partial charge is 0.405 e. The third kappa shape index (κ3) is 5.75. The van der Waals surface area contributed by atoms with Gasteiger partial charge in [0.25, 0.3) is 0 Å².